The second kappa shape index (κ2) is 8.24. The fraction of sp³-hybridized carbons (Fsp3) is 0.0952. The van der Waals surface area contributed by atoms with Gasteiger partial charge in [-0.15, -0.1) is 0 Å². The normalized spacial score (nSPS) is 11.1. The zero-order chi connectivity index (χ0) is 20.1. The molecule has 0 bridgehead atoms. The smallest absolute Gasteiger partial charge is 0.261 e. The maximum absolute atomic E-state index is 12.7. The molecule has 0 fully saturated rings. The molecule has 0 aliphatic carbocycles. The van der Waals surface area contributed by atoms with E-state index in [0.29, 0.717) is 11.3 Å². The Labute approximate surface area is 163 Å². The predicted octanol–water partition coefficient (Wildman–Crippen LogP) is 3.54. The van der Waals surface area contributed by atoms with Gasteiger partial charge in [-0.3, -0.25) is 9.52 Å². The standard InChI is InChI=1S/C21H20N2O4S/c1-15-9-11-18(12-10-15)28(26,27)23-20-8-3-2-7-19(20)21(25)22-17-6-4-5-16(13-17)14-24/h2-13,23-24H,14H2,1H3,(H,22,25). The van der Waals surface area contributed by atoms with Crippen LogP contribution in [-0.2, 0) is 16.6 Å². The summed E-state index contributed by atoms with van der Waals surface area (Å²) >= 11 is 0. The molecule has 6 nitrogen and oxygen atoms in total. The molecule has 0 aliphatic heterocycles. The molecule has 3 aromatic carbocycles. The number of carbonyl (C=O) groups is 1. The third-order valence-electron chi connectivity index (χ3n) is 4.11. The molecular formula is C21H20N2O4S. The number of amides is 1. The zero-order valence-electron chi connectivity index (χ0n) is 15.2. The lowest BCUT2D eigenvalue weighted by Crippen LogP contribution is -2.18. The molecule has 28 heavy (non-hydrogen) atoms. The van der Waals surface area contributed by atoms with Gasteiger partial charge in [-0.1, -0.05) is 42.0 Å². The molecule has 0 aliphatic rings. The van der Waals surface area contributed by atoms with Crippen molar-refractivity contribution in [1.82, 2.24) is 0 Å². The number of hydrogen-bond acceptors (Lipinski definition) is 4. The van der Waals surface area contributed by atoms with E-state index in [9.17, 15) is 18.3 Å². The lowest BCUT2D eigenvalue weighted by Gasteiger charge is -2.13. The molecule has 0 unspecified atom stereocenters. The van der Waals surface area contributed by atoms with E-state index in [0.717, 1.165) is 5.56 Å². The number of anilines is 2. The Balaban J connectivity index is 1.86. The Hall–Kier alpha value is -3.16. The molecule has 0 heterocycles. The number of aryl methyl sites for hydroxylation is 1. The molecule has 0 radical (unpaired) electrons. The van der Waals surface area contributed by atoms with Gasteiger partial charge in [0.05, 0.1) is 22.8 Å². The summed E-state index contributed by atoms with van der Waals surface area (Å²) in [5.41, 5.74) is 2.48. The van der Waals surface area contributed by atoms with Crippen LogP contribution in [0.15, 0.2) is 77.7 Å². The lowest BCUT2D eigenvalue weighted by molar-refractivity contribution is 0.102. The summed E-state index contributed by atoms with van der Waals surface area (Å²) in [5.74, 6) is -0.461. The molecule has 144 valence electrons. The van der Waals surface area contributed by atoms with Gasteiger partial charge in [0, 0.05) is 5.69 Å². The fourth-order valence-corrected chi connectivity index (χ4v) is 3.72. The molecule has 3 aromatic rings. The first-order chi connectivity index (χ1) is 13.4. The summed E-state index contributed by atoms with van der Waals surface area (Å²) in [6.07, 6.45) is 0. The maximum Gasteiger partial charge on any atom is 0.261 e. The van der Waals surface area contributed by atoms with Gasteiger partial charge in [0.2, 0.25) is 0 Å². The topological polar surface area (TPSA) is 95.5 Å². The molecule has 0 spiro atoms. The summed E-state index contributed by atoms with van der Waals surface area (Å²) in [7, 11) is -3.83. The van der Waals surface area contributed by atoms with Crippen molar-refractivity contribution in [3.8, 4) is 0 Å². The van der Waals surface area contributed by atoms with E-state index < -0.39 is 15.9 Å². The molecule has 3 rings (SSSR count). The zero-order valence-corrected chi connectivity index (χ0v) is 16.0. The third kappa shape index (κ3) is 4.57. The number of rotatable bonds is 6. The van der Waals surface area contributed by atoms with E-state index in [4.69, 9.17) is 0 Å². The second-order valence-electron chi connectivity index (χ2n) is 6.28. The monoisotopic (exact) mass is 396 g/mol. The Morgan fingerprint density at radius 2 is 1.68 bits per heavy atom. The fourth-order valence-electron chi connectivity index (χ4n) is 2.64. The number of para-hydroxylation sites is 1. The molecule has 3 N–H and O–H groups in total. The van der Waals surface area contributed by atoms with E-state index in [1.807, 2.05) is 6.92 Å². The maximum atomic E-state index is 12.7. The number of benzene rings is 3. The van der Waals surface area contributed by atoms with E-state index in [-0.39, 0.29) is 22.8 Å². The molecule has 0 saturated carbocycles. The minimum absolute atomic E-state index is 0.115. The van der Waals surface area contributed by atoms with E-state index >= 15 is 0 Å². The minimum Gasteiger partial charge on any atom is -0.392 e. The molecular weight excluding hydrogens is 376 g/mol. The van der Waals surface area contributed by atoms with Crippen LogP contribution < -0.4 is 10.0 Å². The summed E-state index contributed by atoms with van der Waals surface area (Å²) in [4.78, 5) is 12.8. The van der Waals surface area contributed by atoms with Crippen LogP contribution in [0.2, 0.25) is 0 Å². The highest BCUT2D eigenvalue weighted by atomic mass is 32.2. The summed E-state index contributed by atoms with van der Waals surface area (Å²) in [5, 5.41) is 11.9. The second-order valence-corrected chi connectivity index (χ2v) is 7.96. The highest BCUT2D eigenvalue weighted by Crippen LogP contribution is 2.22. The first kappa shape index (κ1) is 19.6. The first-order valence-corrected chi connectivity index (χ1v) is 10.1. The average Bonchev–Trinajstić information content (AvgIpc) is 2.68. The number of nitrogens with one attached hydrogen (secondary N) is 2. The first-order valence-electron chi connectivity index (χ1n) is 8.59. The Bertz CT molecular complexity index is 1090. The Morgan fingerprint density at radius 3 is 2.39 bits per heavy atom. The Kier molecular flexibility index (Phi) is 5.77. The van der Waals surface area contributed by atoms with Gasteiger partial charge in [-0.2, -0.15) is 0 Å². The lowest BCUT2D eigenvalue weighted by atomic mass is 10.1. The van der Waals surface area contributed by atoms with Gasteiger partial charge in [-0.05, 0) is 48.9 Å². The summed E-state index contributed by atoms with van der Waals surface area (Å²) < 4.78 is 27.8. The quantitative estimate of drug-likeness (QED) is 0.594. The largest absolute Gasteiger partial charge is 0.392 e. The van der Waals surface area contributed by atoms with Crippen molar-refractivity contribution < 1.29 is 18.3 Å². The number of carbonyl (C=O) groups excluding carboxylic acids is 1. The van der Waals surface area contributed by atoms with Crippen LogP contribution >= 0.6 is 0 Å². The van der Waals surface area contributed by atoms with E-state index in [1.165, 1.54) is 24.3 Å². The SMILES string of the molecule is Cc1ccc(S(=O)(=O)Nc2ccccc2C(=O)Nc2cccc(CO)c2)cc1. The van der Waals surface area contributed by atoms with Crippen molar-refractivity contribution in [1.29, 1.82) is 0 Å². The highest BCUT2D eigenvalue weighted by Gasteiger charge is 2.18. The van der Waals surface area contributed by atoms with Crippen LogP contribution in [0.25, 0.3) is 0 Å². The molecule has 0 saturated heterocycles. The average molecular weight is 396 g/mol. The van der Waals surface area contributed by atoms with Crippen LogP contribution in [0.5, 0.6) is 0 Å². The van der Waals surface area contributed by atoms with Gasteiger partial charge in [0.25, 0.3) is 15.9 Å². The van der Waals surface area contributed by atoms with Crippen molar-refractivity contribution >= 4 is 27.3 Å². The van der Waals surface area contributed by atoms with Gasteiger partial charge in [-0.25, -0.2) is 8.42 Å². The van der Waals surface area contributed by atoms with Gasteiger partial charge < -0.3 is 10.4 Å². The molecule has 0 atom stereocenters. The number of aliphatic hydroxyl groups is 1. The number of hydrogen-bond donors (Lipinski definition) is 3. The van der Waals surface area contributed by atoms with Crippen LogP contribution in [-0.4, -0.2) is 19.4 Å². The van der Waals surface area contributed by atoms with Crippen LogP contribution in [0, 0.1) is 6.92 Å². The number of sulfonamides is 1. The van der Waals surface area contributed by atoms with Crippen molar-refractivity contribution in [2.24, 2.45) is 0 Å². The number of aliphatic hydroxyl groups excluding tert-OH is 1. The van der Waals surface area contributed by atoms with Gasteiger partial charge in [0.15, 0.2) is 0 Å². The molecule has 0 aromatic heterocycles. The van der Waals surface area contributed by atoms with Gasteiger partial charge >= 0.3 is 0 Å². The van der Waals surface area contributed by atoms with Crippen LogP contribution in [0.1, 0.15) is 21.5 Å². The highest BCUT2D eigenvalue weighted by molar-refractivity contribution is 7.92. The van der Waals surface area contributed by atoms with Gasteiger partial charge in [0.1, 0.15) is 0 Å². The predicted molar refractivity (Wildman–Crippen MR) is 109 cm³/mol. The molecule has 1 amide bonds. The van der Waals surface area contributed by atoms with Crippen LogP contribution in [0.4, 0.5) is 11.4 Å². The van der Waals surface area contributed by atoms with E-state index in [1.54, 1.807) is 48.5 Å². The van der Waals surface area contributed by atoms with Crippen molar-refractivity contribution in [3.05, 3.63) is 89.5 Å². The third-order valence-corrected chi connectivity index (χ3v) is 5.50. The van der Waals surface area contributed by atoms with Crippen molar-refractivity contribution in [2.75, 3.05) is 10.0 Å². The summed E-state index contributed by atoms with van der Waals surface area (Å²) in [6, 6.07) is 19.6. The summed E-state index contributed by atoms with van der Waals surface area (Å²) in [6.45, 7) is 1.73. The van der Waals surface area contributed by atoms with Crippen molar-refractivity contribution in [3.63, 3.8) is 0 Å². The minimum atomic E-state index is -3.83. The van der Waals surface area contributed by atoms with Crippen molar-refractivity contribution in [2.45, 2.75) is 18.4 Å². The van der Waals surface area contributed by atoms with E-state index in [2.05, 4.69) is 10.0 Å². The Morgan fingerprint density at radius 1 is 0.964 bits per heavy atom. The molecule has 7 heteroatoms. The van der Waals surface area contributed by atoms with Crippen LogP contribution in [0.3, 0.4) is 0 Å².